The van der Waals surface area contributed by atoms with Gasteiger partial charge in [-0.05, 0) is 19.8 Å². The van der Waals surface area contributed by atoms with Gasteiger partial charge in [-0.1, -0.05) is 5.16 Å². The summed E-state index contributed by atoms with van der Waals surface area (Å²) in [4.78, 5) is 4.31. The van der Waals surface area contributed by atoms with Crippen molar-refractivity contribution >= 4 is 0 Å². The van der Waals surface area contributed by atoms with Crippen LogP contribution in [-0.2, 0) is 11.2 Å². The lowest BCUT2D eigenvalue weighted by atomic mass is 9.97. The van der Waals surface area contributed by atoms with Crippen LogP contribution in [0.4, 0.5) is 0 Å². The molecule has 1 aliphatic carbocycles. The molecule has 1 N–H and O–H groups in total. The molecule has 0 unspecified atom stereocenters. The van der Waals surface area contributed by atoms with E-state index in [-0.39, 0.29) is 6.10 Å². The van der Waals surface area contributed by atoms with Crippen LogP contribution in [0.5, 0.6) is 0 Å². The lowest BCUT2D eigenvalue weighted by Gasteiger charge is -2.17. The number of ether oxygens (including phenoxy) is 1. The normalized spacial score (nSPS) is 34.5. The molecule has 1 aliphatic heterocycles. The second kappa shape index (κ2) is 3.53. The Bertz CT molecular complexity index is 388. The molecule has 0 radical (unpaired) electrons. The van der Waals surface area contributed by atoms with E-state index in [4.69, 9.17) is 9.26 Å². The summed E-state index contributed by atoms with van der Waals surface area (Å²) in [6.07, 6.45) is 3.45. The highest BCUT2D eigenvalue weighted by molar-refractivity contribution is 5.05. The number of hydrogen-bond acceptors (Lipinski definition) is 5. The quantitative estimate of drug-likeness (QED) is 0.830. The number of hydrogen-bond donors (Lipinski definition) is 1. The van der Waals surface area contributed by atoms with Gasteiger partial charge in [0.1, 0.15) is 0 Å². The Morgan fingerprint density at radius 1 is 1.50 bits per heavy atom. The molecule has 2 atom stereocenters. The first-order valence-electron chi connectivity index (χ1n) is 5.81. The predicted octanol–water partition coefficient (Wildman–Crippen LogP) is 1.03. The Kier molecular flexibility index (Phi) is 2.26. The van der Waals surface area contributed by atoms with E-state index < -0.39 is 5.60 Å². The zero-order chi connectivity index (χ0) is 11.2. The van der Waals surface area contributed by atoms with Crippen LogP contribution in [0.3, 0.4) is 0 Å². The standard InChI is InChI=1S/C11H16N2O3/c1-7-4-11(14,6-15-7)5-9-12-10(13-16-9)8-2-3-8/h7-8,14H,2-6H2,1H3/t7-,11-/m1/s1. The minimum Gasteiger partial charge on any atom is -0.387 e. The van der Waals surface area contributed by atoms with Gasteiger partial charge in [-0.2, -0.15) is 4.98 Å². The third kappa shape index (κ3) is 1.97. The van der Waals surface area contributed by atoms with Gasteiger partial charge >= 0.3 is 0 Å². The molecule has 1 aromatic heterocycles. The van der Waals surface area contributed by atoms with Crippen molar-refractivity contribution in [3.8, 4) is 0 Å². The van der Waals surface area contributed by atoms with Gasteiger partial charge in [-0.3, -0.25) is 0 Å². The molecule has 1 saturated heterocycles. The molecular weight excluding hydrogens is 208 g/mol. The molecule has 16 heavy (non-hydrogen) atoms. The van der Waals surface area contributed by atoms with Gasteiger partial charge in [0.15, 0.2) is 5.82 Å². The highest BCUT2D eigenvalue weighted by atomic mass is 16.5. The molecule has 88 valence electrons. The van der Waals surface area contributed by atoms with Crippen molar-refractivity contribution in [1.29, 1.82) is 0 Å². The molecule has 2 fully saturated rings. The predicted molar refractivity (Wildman–Crippen MR) is 55.0 cm³/mol. The van der Waals surface area contributed by atoms with Crippen LogP contribution >= 0.6 is 0 Å². The zero-order valence-corrected chi connectivity index (χ0v) is 9.35. The van der Waals surface area contributed by atoms with Gasteiger partial charge in [0.05, 0.1) is 24.7 Å². The van der Waals surface area contributed by atoms with Crippen LogP contribution in [0.1, 0.15) is 43.8 Å². The maximum absolute atomic E-state index is 10.2. The van der Waals surface area contributed by atoms with E-state index in [0.717, 1.165) is 18.7 Å². The fourth-order valence-electron chi connectivity index (χ4n) is 2.20. The van der Waals surface area contributed by atoms with Gasteiger partial charge in [0, 0.05) is 12.3 Å². The molecule has 0 spiro atoms. The summed E-state index contributed by atoms with van der Waals surface area (Å²) in [6.45, 7) is 2.32. The second-order valence-electron chi connectivity index (χ2n) is 5.05. The smallest absolute Gasteiger partial charge is 0.229 e. The van der Waals surface area contributed by atoms with Gasteiger partial charge in [-0.25, -0.2) is 0 Å². The maximum atomic E-state index is 10.2. The molecule has 1 saturated carbocycles. The van der Waals surface area contributed by atoms with Crippen LogP contribution in [0.2, 0.25) is 0 Å². The summed E-state index contributed by atoms with van der Waals surface area (Å²) in [6, 6.07) is 0. The topological polar surface area (TPSA) is 68.4 Å². The van der Waals surface area contributed by atoms with E-state index in [2.05, 4.69) is 10.1 Å². The van der Waals surface area contributed by atoms with E-state index in [1.54, 1.807) is 0 Å². The first kappa shape index (κ1) is 10.2. The van der Waals surface area contributed by atoms with Crippen LogP contribution < -0.4 is 0 Å². The minimum absolute atomic E-state index is 0.107. The highest BCUT2D eigenvalue weighted by Crippen LogP contribution is 2.38. The Morgan fingerprint density at radius 2 is 2.31 bits per heavy atom. The van der Waals surface area contributed by atoms with Crippen molar-refractivity contribution in [1.82, 2.24) is 10.1 Å². The molecule has 0 bridgehead atoms. The third-order valence-corrected chi connectivity index (χ3v) is 3.21. The molecule has 2 heterocycles. The Balaban J connectivity index is 1.68. The van der Waals surface area contributed by atoms with E-state index in [0.29, 0.717) is 31.3 Å². The minimum atomic E-state index is -0.827. The summed E-state index contributed by atoms with van der Waals surface area (Å²) >= 11 is 0. The highest BCUT2D eigenvalue weighted by Gasteiger charge is 2.38. The van der Waals surface area contributed by atoms with E-state index in [1.165, 1.54) is 0 Å². The van der Waals surface area contributed by atoms with E-state index in [1.807, 2.05) is 6.92 Å². The van der Waals surface area contributed by atoms with Crippen LogP contribution in [-0.4, -0.2) is 33.6 Å². The zero-order valence-electron chi connectivity index (χ0n) is 9.35. The summed E-state index contributed by atoms with van der Waals surface area (Å²) < 4.78 is 10.5. The summed E-state index contributed by atoms with van der Waals surface area (Å²) in [5.74, 6) is 1.82. The lowest BCUT2D eigenvalue weighted by molar-refractivity contribution is 0.0173. The number of rotatable bonds is 3. The first-order chi connectivity index (χ1) is 7.65. The molecule has 5 nitrogen and oxygen atoms in total. The van der Waals surface area contributed by atoms with Crippen molar-refractivity contribution in [3.63, 3.8) is 0 Å². The Labute approximate surface area is 93.8 Å². The van der Waals surface area contributed by atoms with Gasteiger partial charge < -0.3 is 14.4 Å². The van der Waals surface area contributed by atoms with Gasteiger partial charge in [-0.15, -0.1) is 0 Å². The maximum Gasteiger partial charge on any atom is 0.229 e. The molecule has 0 amide bonds. The molecule has 5 heteroatoms. The van der Waals surface area contributed by atoms with E-state index >= 15 is 0 Å². The summed E-state index contributed by atoms with van der Waals surface area (Å²) in [5, 5.41) is 14.2. The van der Waals surface area contributed by atoms with Crippen LogP contribution in [0, 0.1) is 0 Å². The molecule has 3 rings (SSSR count). The SMILES string of the molecule is C[C@@H]1C[C@@](O)(Cc2nc(C3CC3)no2)CO1. The van der Waals surface area contributed by atoms with Crippen molar-refractivity contribution in [2.45, 2.75) is 50.2 Å². The van der Waals surface area contributed by atoms with Gasteiger partial charge in [0.25, 0.3) is 0 Å². The van der Waals surface area contributed by atoms with E-state index in [9.17, 15) is 5.11 Å². The average Bonchev–Trinajstić information content (AvgIpc) is 2.89. The average molecular weight is 224 g/mol. The van der Waals surface area contributed by atoms with Crippen molar-refractivity contribution in [2.24, 2.45) is 0 Å². The van der Waals surface area contributed by atoms with Crippen molar-refractivity contribution in [3.05, 3.63) is 11.7 Å². The number of aromatic nitrogens is 2. The monoisotopic (exact) mass is 224 g/mol. The molecule has 0 aromatic carbocycles. The van der Waals surface area contributed by atoms with Crippen LogP contribution in [0.25, 0.3) is 0 Å². The largest absolute Gasteiger partial charge is 0.387 e. The summed E-state index contributed by atoms with van der Waals surface area (Å²) in [5.41, 5.74) is -0.827. The second-order valence-corrected chi connectivity index (χ2v) is 5.05. The molecule has 1 aromatic rings. The van der Waals surface area contributed by atoms with Crippen molar-refractivity contribution < 1.29 is 14.4 Å². The fraction of sp³-hybridized carbons (Fsp3) is 0.818. The van der Waals surface area contributed by atoms with Crippen LogP contribution in [0.15, 0.2) is 4.52 Å². The Morgan fingerprint density at radius 3 is 2.94 bits per heavy atom. The van der Waals surface area contributed by atoms with Crippen molar-refractivity contribution in [2.75, 3.05) is 6.61 Å². The first-order valence-corrected chi connectivity index (χ1v) is 5.81. The molecular formula is C11H16N2O3. The Hall–Kier alpha value is -0.940. The number of nitrogens with zero attached hydrogens (tertiary/aromatic N) is 2. The van der Waals surface area contributed by atoms with Gasteiger partial charge in [0.2, 0.25) is 5.89 Å². The number of aliphatic hydroxyl groups is 1. The summed E-state index contributed by atoms with van der Waals surface area (Å²) in [7, 11) is 0. The third-order valence-electron chi connectivity index (χ3n) is 3.21. The molecule has 2 aliphatic rings. The fourth-order valence-corrected chi connectivity index (χ4v) is 2.20. The lowest BCUT2D eigenvalue weighted by Crippen LogP contribution is -2.32.